The van der Waals surface area contributed by atoms with E-state index in [9.17, 15) is 13.2 Å². The molecule has 19 heavy (non-hydrogen) atoms. The van der Waals surface area contributed by atoms with Gasteiger partial charge < -0.3 is 5.11 Å². The van der Waals surface area contributed by atoms with Gasteiger partial charge >= 0.3 is 5.97 Å². The SMILES string of the molecule is CCN(C(C)CC(=O)O)S(=O)(=O)c1cc(Br)sc1Br. The van der Waals surface area contributed by atoms with Crippen LogP contribution in [0.15, 0.2) is 18.5 Å². The summed E-state index contributed by atoms with van der Waals surface area (Å²) in [5.41, 5.74) is 0. The molecular formula is C10H13Br2NO4S2. The number of carboxylic acids is 1. The van der Waals surface area contributed by atoms with E-state index in [0.29, 0.717) is 7.57 Å². The highest BCUT2D eigenvalue weighted by Gasteiger charge is 2.31. The Balaban J connectivity index is 3.16. The van der Waals surface area contributed by atoms with E-state index in [1.54, 1.807) is 13.8 Å². The van der Waals surface area contributed by atoms with Gasteiger partial charge in [-0.3, -0.25) is 4.79 Å². The molecule has 0 spiro atoms. The minimum absolute atomic E-state index is 0.156. The van der Waals surface area contributed by atoms with Crippen molar-refractivity contribution < 1.29 is 18.3 Å². The number of carbonyl (C=O) groups is 1. The van der Waals surface area contributed by atoms with Crippen LogP contribution in [-0.2, 0) is 14.8 Å². The standard InChI is InChI=1S/C10H13Br2NO4S2/c1-3-13(6(2)4-9(14)15)19(16,17)7-5-8(11)18-10(7)12/h5-6H,3-4H2,1-2H3,(H,14,15). The summed E-state index contributed by atoms with van der Waals surface area (Å²) >= 11 is 7.71. The van der Waals surface area contributed by atoms with Crippen LogP contribution in [-0.4, -0.2) is 36.4 Å². The normalized spacial score (nSPS) is 13.7. The zero-order chi connectivity index (χ0) is 14.8. The Hall–Kier alpha value is 0.0400. The summed E-state index contributed by atoms with van der Waals surface area (Å²) in [5, 5.41) is 8.79. The molecule has 9 heteroatoms. The van der Waals surface area contributed by atoms with Gasteiger partial charge in [0, 0.05) is 12.6 Å². The van der Waals surface area contributed by atoms with E-state index in [1.807, 2.05) is 0 Å². The first-order valence-corrected chi connectivity index (χ1v) is 9.22. The van der Waals surface area contributed by atoms with Crippen molar-refractivity contribution >= 4 is 59.2 Å². The Bertz CT molecular complexity index is 570. The summed E-state index contributed by atoms with van der Waals surface area (Å²) < 4.78 is 27.4. The van der Waals surface area contributed by atoms with Gasteiger partial charge in [-0.15, -0.1) is 11.3 Å². The lowest BCUT2D eigenvalue weighted by molar-refractivity contribution is -0.137. The molecule has 0 saturated heterocycles. The monoisotopic (exact) mass is 433 g/mol. The van der Waals surface area contributed by atoms with Crippen LogP contribution in [0.4, 0.5) is 0 Å². The van der Waals surface area contributed by atoms with Crippen LogP contribution in [0, 0.1) is 0 Å². The first-order valence-electron chi connectivity index (χ1n) is 5.38. The highest BCUT2D eigenvalue weighted by atomic mass is 79.9. The van der Waals surface area contributed by atoms with Crippen molar-refractivity contribution in [2.75, 3.05) is 6.54 Å². The molecule has 0 aliphatic carbocycles. The number of carboxylic acid groups (broad SMARTS) is 1. The molecule has 1 N–H and O–H groups in total. The molecule has 1 aromatic rings. The largest absolute Gasteiger partial charge is 0.481 e. The van der Waals surface area contributed by atoms with Crippen molar-refractivity contribution in [3.8, 4) is 0 Å². The highest BCUT2D eigenvalue weighted by molar-refractivity contribution is 9.12. The van der Waals surface area contributed by atoms with E-state index in [4.69, 9.17) is 5.11 Å². The number of hydrogen-bond donors (Lipinski definition) is 1. The number of hydrogen-bond acceptors (Lipinski definition) is 4. The number of rotatable bonds is 6. The number of halogens is 2. The summed E-state index contributed by atoms with van der Waals surface area (Å²) in [6, 6.07) is 0.915. The third-order valence-electron chi connectivity index (χ3n) is 2.49. The van der Waals surface area contributed by atoms with Crippen molar-refractivity contribution in [1.29, 1.82) is 0 Å². The lowest BCUT2D eigenvalue weighted by Gasteiger charge is -2.25. The minimum Gasteiger partial charge on any atom is -0.481 e. The minimum atomic E-state index is -3.70. The molecule has 0 fully saturated rings. The fourth-order valence-electron chi connectivity index (χ4n) is 1.70. The summed E-state index contributed by atoms with van der Waals surface area (Å²) in [7, 11) is -3.70. The molecule has 1 unspecified atom stereocenters. The molecule has 1 rings (SSSR count). The maximum absolute atomic E-state index is 12.5. The van der Waals surface area contributed by atoms with Crippen molar-refractivity contribution in [2.24, 2.45) is 0 Å². The van der Waals surface area contributed by atoms with Crippen LogP contribution < -0.4 is 0 Å². The number of aliphatic carboxylic acids is 1. The van der Waals surface area contributed by atoms with Gasteiger partial charge in [0.05, 0.1) is 14.0 Å². The summed E-state index contributed by atoms with van der Waals surface area (Å²) in [6.45, 7) is 3.49. The smallest absolute Gasteiger partial charge is 0.304 e. The second-order valence-corrected chi connectivity index (χ2v) is 9.45. The van der Waals surface area contributed by atoms with Gasteiger partial charge in [0.2, 0.25) is 10.0 Å². The summed E-state index contributed by atoms with van der Waals surface area (Å²) in [6.07, 6.45) is -0.226. The first-order chi connectivity index (χ1) is 8.70. The average Bonchev–Trinajstić information content (AvgIpc) is 2.57. The third-order valence-corrected chi connectivity index (χ3v) is 7.33. The average molecular weight is 435 g/mol. The Morgan fingerprint density at radius 1 is 1.53 bits per heavy atom. The maximum Gasteiger partial charge on any atom is 0.304 e. The fourth-order valence-corrected chi connectivity index (χ4v) is 7.10. The van der Waals surface area contributed by atoms with Crippen LogP contribution in [0.1, 0.15) is 20.3 Å². The molecule has 0 radical (unpaired) electrons. The predicted octanol–water partition coefficient (Wildman–Crippen LogP) is 3.15. The van der Waals surface area contributed by atoms with E-state index < -0.39 is 22.0 Å². The molecule has 0 aliphatic heterocycles. The van der Waals surface area contributed by atoms with Crippen LogP contribution in [0.2, 0.25) is 0 Å². The Labute approximate surface area is 132 Å². The number of thiophene rings is 1. The molecule has 1 heterocycles. The van der Waals surface area contributed by atoms with Gasteiger partial charge in [-0.2, -0.15) is 4.31 Å². The summed E-state index contributed by atoms with van der Waals surface area (Å²) in [4.78, 5) is 10.9. The Kier molecular flexibility index (Phi) is 5.99. The van der Waals surface area contributed by atoms with Gasteiger partial charge in [0.15, 0.2) is 0 Å². The van der Waals surface area contributed by atoms with E-state index in [1.165, 1.54) is 21.7 Å². The van der Waals surface area contributed by atoms with E-state index in [0.717, 1.165) is 0 Å². The number of sulfonamides is 1. The van der Waals surface area contributed by atoms with Gasteiger partial charge in [0.1, 0.15) is 4.90 Å². The van der Waals surface area contributed by atoms with Crippen molar-refractivity contribution in [2.45, 2.75) is 31.2 Å². The molecule has 0 amide bonds. The second kappa shape index (κ2) is 6.66. The third kappa shape index (κ3) is 4.01. The molecule has 0 bridgehead atoms. The van der Waals surface area contributed by atoms with E-state index in [-0.39, 0.29) is 17.9 Å². The zero-order valence-electron chi connectivity index (χ0n) is 10.3. The predicted molar refractivity (Wildman–Crippen MR) is 81.0 cm³/mol. The molecule has 5 nitrogen and oxygen atoms in total. The molecule has 1 atom stereocenters. The first kappa shape index (κ1) is 17.1. The zero-order valence-corrected chi connectivity index (χ0v) is 15.1. The van der Waals surface area contributed by atoms with Crippen molar-refractivity contribution in [3.05, 3.63) is 13.6 Å². The van der Waals surface area contributed by atoms with Gasteiger partial charge in [-0.1, -0.05) is 6.92 Å². The molecule has 0 aliphatic rings. The fraction of sp³-hybridized carbons (Fsp3) is 0.500. The topological polar surface area (TPSA) is 74.7 Å². The van der Waals surface area contributed by atoms with Crippen LogP contribution >= 0.6 is 43.2 Å². The van der Waals surface area contributed by atoms with Gasteiger partial charge in [-0.05, 0) is 44.8 Å². The quantitative estimate of drug-likeness (QED) is 0.746. The Morgan fingerprint density at radius 3 is 2.47 bits per heavy atom. The van der Waals surface area contributed by atoms with Crippen LogP contribution in [0.25, 0.3) is 0 Å². The van der Waals surface area contributed by atoms with E-state index >= 15 is 0 Å². The van der Waals surface area contributed by atoms with Crippen molar-refractivity contribution in [3.63, 3.8) is 0 Å². The highest BCUT2D eigenvalue weighted by Crippen LogP contribution is 2.36. The second-order valence-electron chi connectivity index (χ2n) is 3.84. The van der Waals surface area contributed by atoms with Gasteiger partial charge in [-0.25, -0.2) is 8.42 Å². The van der Waals surface area contributed by atoms with Crippen LogP contribution in [0.3, 0.4) is 0 Å². The summed E-state index contributed by atoms with van der Waals surface area (Å²) in [5.74, 6) is -1.02. The molecule has 108 valence electrons. The van der Waals surface area contributed by atoms with Crippen molar-refractivity contribution in [1.82, 2.24) is 4.31 Å². The molecule has 1 aromatic heterocycles. The van der Waals surface area contributed by atoms with Gasteiger partial charge in [0.25, 0.3) is 0 Å². The lowest BCUT2D eigenvalue weighted by atomic mass is 10.2. The van der Waals surface area contributed by atoms with E-state index in [2.05, 4.69) is 31.9 Å². The Morgan fingerprint density at radius 2 is 2.11 bits per heavy atom. The number of nitrogens with zero attached hydrogens (tertiary/aromatic N) is 1. The maximum atomic E-state index is 12.5. The molecule has 0 aromatic carbocycles. The van der Waals surface area contributed by atoms with Crippen LogP contribution in [0.5, 0.6) is 0 Å². The lowest BCUT2D eigenvalue weighted by Crippen LogP contribution is -2.39. The molecule has 0 saturated carbocycles. The molecular weight excluding hydrogens is 422 g/mol.